The molecule has 0 aliphatic heterocycles. The van der Waals surface area contributed by atoms with Crippen LogP contribution in [0.1, 0.15) is 23.5 Å². The summed E-state index contributed by atoms with van der Waals surface area (Å²) in [5.74, 6) is 1.02. The fraction of sp³-hybridized carbons (Fsp3) is 0.357. The summed E-state index contributed by atoms with van der Waals surface area (Å²) in [6.45, 7) is 0. The molecule has 0 aliphatic carbocycles. The number of alkyl halides is 1. The van der Waals surface area contributed by atoms with Gasteiger partial charge in [-0.1, -0.05) is 34.1 Å². The first-order valence-corrected chi connectivity index (χ1v) is 7.31. The van der Waals surface area contributed by atoms with Gasteiger partial charge in [-0.25, -0.2) is 0 Å². The number of aryl methyl sites for hydroxylation is 2. The lowest BCUT2D eigenvalue weighted by Crippen LogP contribution is -2.03. The van der Waals surface area contributed by atoms with Gasteiger partial charge < -0.3 is 0 Å². The minimum absolute atomic E-state index is 0.377. The Hall–Kier alpha value is -0.800. The summed E-state index contributed by atoms with van der Waals surface area (Å²) in [6, 6.07) is 8.29. The van der Waals surface area contributed by atoms with E-state index in [0.717, 1.165) is 17.3 Å². The average Bonchev–Trinajstić information content (AvgIpc) is 2.78. The zero-order valence-corrected chi connectivity index (χ0v) is 12.7. The molecule has 1 aromatic carbocycles. The molecule has 1 heterocycles. The maximum absolute atomic E-state index is 6.10. The summed E-state index contributed by atoms with van der Waals surface area (Å²) in [4.78, 5) is 0. The monoisotopic (exact) mass is 326 g/mol. The molecule has 0 amide bonds. The lowest BCUT2D eigenvalue weighted by Gasteiger charge is -2.15. The highest BCUT2D eigenvalue weighted by Gasteiger charge is 2.13. The molecule has 2 rings (SSSR count). The van der Waals surface area contributed by atoms with Crippen molar-refractivity contribution in [2.45, 2.75) is 18.8 Å². The highest BCUT2D eigenvalue weighted by atomic mass is 79.9. The molecule has 1 aromatic heterocycles. The van der Waals surface area contributed by atoms with E-state index in [0.29, 0.717) is 11.8 Å². The van der Waals surface area contributed by atoms with E-state index in [-0.39, 0.29) is 0 Å². The van der Waals surface area contributed by atoms with Crippen molar-refractivity contribution in [2.75, 3.05) is 5.88 Å². The maximum Gasteiger partial charge on any atom is 0.0521 e. The molecule has 2 nitrogen and oxygen atoms in total. The molecule has 4 heteroatoms. The van der Waals surface area contributed by atoms with Crippen molar-refractivity contribution >= 4 is 27.5 Å². The van der Waals surface area contributed by atoms with E-state index in [1.54, 1.807) is 0 Å². The Bertz CT molecular complexity index is 510. The summed E-state index contributed by atoms with van der Waals surface area (Å²) in [5.41, 5.74) is 2.55. The van der Waals surface area contributed by atoms with E-state index in [4.69, 9.17) is 11.6 Å². The van der Waals surface area contributed by atoms with Gasteiger partial charge in [-0.05, 0) is 36.0 Å². The third kappa shape index (κ3) is 3.36. The zero-order valence-electron chi connectivity index (χ0n) is 10.3. The predicted octanol–water partition coefficient (Wildman–Crippen LogP) is 4.14. The number of hydrogen-bond donors (Lipinski definition) is 0. The van der Waals surface area contributed by atoms with Crippen LogP contribution in [0, 0.1) is 0 Å². The molecule has 1 atom stereocenters. The molecule has 96 valence electrons. The van der Waals surface area contributed by atoms with Crippen molar-refractivity contribution in [3.63, 3.8) is 0 Å². The SMILES string of the molecule is Cn1cc(CCC(CCl)c2ccccc2Br)cn1. The molecule has 0 radical (unpaired) electrons. The van der Waals surface area contributed by atoms with Crippen LogP contribution in [0.3, 0.4) is 0 Å². The third-order valence-electron chi connectivity index (χ3n) is 3.07. The molecular weight excluding hydrogens is 312 g/mol. The quantitative estimate of drug-likeness (QED) is 0.755. The molecule has 0 saturated carbocycles. The number of benzene rings is 1. The van der Waals surface area contributed by atoms with Crippen LogP contribution in [0.4, 0.5) is 0 Å². The summed E-state index contributed by atoms with van der Waals surface area (Å²) in [7, 11) is 1.94. The second kappa shape index (κ2) is 6.39. The van der Waals surface area contributed by atoms with Crippen molar-refractivity contribution < 1.29 is 0 Å². The van der Waals surface area contributed by atoms with E-state index in [1.807, 2.05) is 24.0 Å². The van der Waals surface area contributed by atoms with E-state index < -0.39 is 0 Å². The van der Waals surface area contributed by atoms with Gasteiger partial charge in [0, 0.05) is 23.6 Å². The minimum atomic E-state index is 0.377. The first-order valence-electron chi connectivity index (χ1n) is 5.98. The predicted molar refractivity (Wildman–Crippen MR) is 79.1 cm³/mol. The van der Waals surface area contributed by atoms with Crippen LogP contribution in [-0.4, -0.2) is 15.7 Å². The fourth-order valence-corrected chi connectivity index (χ4v) is 2.99. The van der Waals surface area contributed by atoms with E-state index in [2.05, 4.69) is 45.4 Å². The summed E-state index contributed by atoms with van der Waals surface area (Å²) in [5, 5.41) is 4.19. The minimum Gasteiger partial charge on any atom is -0.276 e. The molecule has 0 fully saturated rings. The Morgan fingerprint density at radius 1 is 1.39 bits per heavy atom. The molecule has 2 aromatic rings. The van der Waals surface area contributed by atoms with Crippen LogP contribution in [0.2, 0.25) is 0 Å². The molecule has 0 spiro atoms. The topological polar surface area (TPSA) is 17.8 Å². The summed E-state index contributed by atoms with van der Waals surface area (Å²) in [6.07, 6.45) is 6.03. The Balaban J connectivity index is 2.04. The van der Waals surface area contributed by atoms with Gasteiger partial charge in [-0.2, -0.15) is 5.10 Å². The Kier molecular flexibility index (Phi) is 4.84. The highest BCUT2D eigenvalue weighted by Crippen LogP contribution is 2.29. The number of hydrogen-bond acceptors (Lipinski definition) is 1. The van der Waals surface area contributed by atoms with E-state index in [1.165, 1.54) is 11.1 Å². The van der Waals surface area contributed by atoms with Gasteiger partial charge in [0.15, 0.2) is 0 Å². The van der Waals surface area contributed by atoms with Crippen LogP contribution < -0.4 is 0 Å². The van der Waals surface area contributed by atoms with Crippen LogP contribution in [-0.2, 0) is 13.5 Å². The van der Waals surface area contributed by atoms with E-state index in [9.17, 15) is 0 Å². The third-order valence-corrected chi connectivity index (χ3v) is 4.17. The van der Waals surface area contributed by atoms with Crippen molar-refractivity contribution in [1.29, 1.82) is 0 Å². The summed E-state index contributed by atoms with van der Waals surface area (Å²) < 4.78 is 2.98. The smallest absolute Gasteiger partial charge is 0.0521 e. The normalized spacial score (nSPS) is 12.6. The Morgan fingerprint density at radius 3 is 2.78 bits per heavy atom. The molecule has 0 aliphatic rings. The second-order valence-corrected chi connectivity index (χ2v) is 5.60. The van der Waals surface area contributed by atoms with Crippen LogP contribution in [0.25, 0.3) is 0 Å². The van der Waals surface area contributed by atoms with Gasteiger partial charge in [0.05, 0.1) is 6.20 Å². The van der Waals surface area contributed by atoms with Gasteiger partial charge in [-0.15, -0.1) is 11.6 Å². The summed E-state index contributed by atoms with van der Waals surface area (Å²) >= 11 is 9.70. The average molecular weight is 328 g/mol. The van der Waals surface area contributed by atoms with Crippen molar-refractivity contribution in [2.24, 2.45) is 7.05 Å². The van der Waals surface area contributed by atoms with Gasteiger partial charge >= 0.3 is 0 Å². The van der Waals surface area contributed by atoms with Crippen LogP contribution in [0.5, 0.6) is 0 Å². The number of aromatic nitrogens is 2. The van der Waals surface area contributed by atoms with Gasteiger partial charge in [-0.3, -0.25) is 4.68 Å². The molecule has 0 saturated heterocycles. The zero-order chi connectivity index (χ0) is 13.0. The standard InChI is InChI=1S/C14H16BrClN2/c1-18-10-11(9-17-18)6-7-12(8-16)13-4-2-3-5-14(13)15/h2-5,9-10,12H,6-8H2,1H3. The highest BCUT2D eigenvalue weighted by molar-refractivity contribution is 9.10. The Labute approximate surface area is 121 Å². The fourth-order valence-electron chi connectivity index (χ4n) is 2.06. The van der Waals surface area contributed by atoms with Gasteiger partial charge in [0.2, 0.25) is 0 Å². The number of nitrogens with zero attached hydrogens (tertiary/aromatic N) is 2. The van der Waals surface area contributed by atoms with Crippen molar-refractivity contribution in [3.05, 3.63) is 52.3 Å². The number of rotatable bonds is 5. The largest absolute Gasteiger partial charge is 0.276 e. The van der Waals surface area contributed by atoms with Gasteiger partial charge in [0.25, 0.3) is 0 Å². The van der Waals surface area contributed by atoms with Crippen LogP contribution in [0.15, 0.2) is 41.1 Å². The maximum atomic E-state index is 6.10. The molecule has 1 unspecified atom stereocenters. The Morgan fingerprint density at radius 2 is 2.17 bits per heavy atom. The first kappa shape index (κ1) is 13.6. The second-order valence-electron chi connectivity index (χ2n) is 4.43. The van der Waals surface area contributed by atoms with E-state index >= 15 is 0 Å². The molecule has 0 N–H and O–H groups in total. The molecular formula is C14H16BrClN2. The molecule has 0 bridgehead atoms. The lowest BCUT2D eigenvalue weighted by molar-refractivity contribution is 0.681. The molecule has 18 heavy (non-hydrogen) atoms. The first-order chi connectivity index (χ1) is 8.70. The van der Waals surface area contributed by atoms with Crippen molar-refractivity contribution in [3.8, 4) is 0 Å². The van der Waals surface area contributed by atoms with Crippen molar-refractivity contribution in [1.82, 2.24) is 9.78 Å². The van der Waals surface area contributed by atoms with Gasteiger partial charge in [0.1, 0.15) is 0 Å². The lowest BCUT2D eigenvalue weighted by atomic mass is 9.95. The number of halogens is 2. The van der Waals surface area contributed by atoms with Crippen LogP contribution >= 0.6 is 27.5 Å².